The highest BCUT2D eigenvalue weighted by molar-refractivity contribution is 9.10. The van der Waals surface area contributed by atoms with Crippen molar-refractivity contribution in [1.29, 1.82) is 0 Å². The van der Waals surface area contributed by atoms with Crippen LogP contribution in [0.25, 0.3) is 0 Å². The number of rotatable bonds is 5. The summed E-state index contributed by atoms with van der Waals surface area (Å²) in [5.74, 6) is -0.487. The zero-order chi connectivity index (χ0) is 14.8. The molecule has 0 spiro atoms. The molecule has 106 valence electrons. The molecule has 5 heteroatoms. The Hall–Kier alpha value is -1.59. The van der Waals surface area contributed by atoms with Gasteiger partial charge in [-0.1, -0.05) is 28.1 Å². The number of carboxylic acids is 1. The quantitative estimate of drug-likeness (QED) is 0.871. The minimum Gasteiger partial charge on any atom is -0.475 e. The molecule has 0 saturated heterocycles. The first-order valence-electron chi connectivity index (χ1n) is 6.21. The number of carbonyl (C=O) groups is 1. The van der Waals surface area contributed by atoms with E-state index in [9.17, 15) is 4.79 Å². The third-order valence-corrected chi connectivity index (χ3v) is 3.67. The fourth-order valence-electron chi connectivity index (χ4n) is 1.86. The second-order valence-corrected chi connectivity index (χ2v) is 5.97. The average Bonchev–Trinajstić information content (AvgIpc) is 2.86. The SMILES string of the molecule is CC(C)(NCc1ccc(C(=O)O)o1)c1ccc(Br)cc1. The van der Waals surface area contributed by atoms with Gasteiger partial charge >= 0.3 is 5.97 Å². The molecule has 2 aromatic rings. The molecule has 4 nitrogen and oxygen atoms in total. The molecule has 0 aliphatic carbocycles. The molecule has 0 aliphatic rings. The van der Waals surface area contributed by atoms with Gasteiger partial charge in [-0.15, -0.1) is 0 Å². The maximum atomic E-state index is 10.8. The number of aromatic carboxylic acids is 1. The molecule has 1 heterocycles. The summed E-state index contributed by atoms with van der Waals surface area (Å²) in [7, 11) is 0. The van der Waals surface area contributed by atoms with E-state index in [-0.39, 0.29) is 11.3 Å². The largest absolute Gasteiger partial charge is 0.475 e. The molecule has 2 N–H and O–H groups in total. The fraction of sp³-hybridized carbons (Fsp3) is 0.267. The molecule has 0 unspecified atom stereocenters. The normalized spacial score (nSPS) is 11.6. The van der Waals surface area contributed by atoms with Gasteiger partial charge in [0.1, 0.15) is 5.76 Å². The van der Waals surface area contributed by atoms with Crippen molar-refractivity contribution in [3.8, 4) is 0 Å². The summed E-state index contributed by atoms with van der Waals surface area (Å²) < 4.78 is 6.26. The average molecular weight is 338 g/mol. The van der Waals surface area contributed by atoms with Gasteiger partial charge in [0.2, 0.25) is 5.76 Å². The summed E-state index contributed by atoms with van der Waals surface area (Å²) in [5, 5.41) is 12.2. The van der Waals surface area contributed by atoms with E-state index in [2.05, 4.69) is 35.1 Å². The van der Waals surface area contributed by atoms with Gasteiger partial charge in [0.25, 0.3) is 0 Å². The predicted molar refractivity (Wildman–Crippen MR) is 79.7 cm³/mol. The lowest BCUT2D eigenvalue weighted by Crippen LogP contribution is -2.35. The number of carboxylic acid groups (broad SMARTS) is 1. The van der Waals surface area contributed by atoms with Crippen LogP contribution in [0.1, 0.15) is 35.7 Å². The van der Waals surface area contributed by atoms with Crippen LogP contribution in [-0.4, -0.2) is 11.1 Å². The molecule has 0 amide bonds. The Morgan fingerprint density at radius 1 is 1.25 bits per heavy atom. The van der Waals surface area contributed by atoms with Crippen LogP contribution in [0.2, 0.25) is 0 Å². The maximum Gasteiger partial charge on any atom is 0.371 e. The van der Waals surface area contributed by atoms with Crippen LogP contribution in [0.5, 0.6) is 0 Å². The van der Waals surface area contributed by atoms with Crippen LogP contribution in [0.3, 0.4) is 0 Å². The summed E-state index contributed by atoms with van der Waals surface area (Å²) >= 11 is 3.41. The van der Waals surface area contributed by atoms with Crippen molar-refractivity contribution in [3.63, 3.8) is 0 Å². The Morgan fingerprint density at radius 3 is 2.45 bits per heavy atom. The number of furan rings is 1. The van der Waals surface area contributed by atoms with Gasteiger partial charge in [0.05, 0.1) is 6.54 Å². The van der Waals surface area contributed by atoms with Crippen molar-refractivity contribution < 1.29 is 14.3 Å². The lowest BCUT2D eigenvalue weighted by molar-refractivity contribution is 0.0660. The van der Waals surface area contributed by atoms with E-state index in [1.807, 2.05) is 24.3 Å². The highest BCUT2D eigenvalue weighted by Crippen LogP contribution is 2.23. The summed E-state index contributed by atoms with van der Waals surface area (Å²) in [6.45, 7) is 4.60. The van der Waals surface area contributed by atoms with Crippen molar-refractivity contribution in [1.82, 2.24) is 5.32 Å². The molecular formula is C15H16BrNO3. The number of hydrogen-bond donors (Lipinski definition) is 2. The van der Waals surface area contributed by atoms with Gasteiger partial charge in [-0.05, 0) is 43.7 Å². The lowest BCUT2D eigenvalue weighted by atomic mass is 9.94. The zero-order valence-electron chi connectivity index (χ0n) is 11.3. The smallest absolute Gasteiger partial charge is 0.371 e. The van der Waals surface area contributed by atoms with Crippen LogP contribution >= 0.6 is 15.9 Å². The Balaban J connectivity index is 2.04. The summed E-state index contributed by atoms with van der Waals surface area (Å²) in [4.78, 5) is 10.8. The molecular weight excluding hydrogens is 322 g/mol. The monoisotopic (exact) mass is 337 g/mol. The molecule has 0 atom stereocenters. The predicted octanol–water partition coefficient (Wildman–Crippen LogP) is 3.77. The Morgan fingerprint density at radius 2 is 1.90 bits per heavy atom. The number of nitrogens with one attached hydrogen (secondary N) is 1. The molecule has 1 aromatic heterocycles. The first-order valence-corrected chi connectivity index (χ1v) is 7.01. The van der Waals surface area contributed by atoms with Crippen molar-refractivity contribution in [2.75, 3.05) is 0 Å². The third kappa shape index (κ3) is 3.49. The van der Waals surface area contributed by atoms with Crippen LogP contribution in [0.15, 0.2) is 45.3 Å². The Labute approximate surface area is 125 Å². The van der Waals surface area contributed by atoms with E-state index >= 15 is 0 Å². The van der Waals surface area contributed by atoms with Crippen molar-refractivity contribution in [2.24, 2.45) is 0 Å². The van der Waals surface area contributed by atoms with Crippen molar-refractivity contribution in [2.45, 2.75) is 25.9 Å². The minimum atomic E-state index is -1.05. The molecule has 1 aromatic carbocycles. The molecule has 20 heavy (non-hydrogen) atoms. The molecule has 0 bridgehead atoms. The first-order chi connectivity index (χ1) is 9.38. The minimum absolute atomic E-state index is 0.0387. The number of hydrogen-bond acceptors (Lipinski definition) is 3. The molecule has 0 radical (unpaired) electrons. The Kier molecular flexibility index (Phi) is 4.30. The molecule has 0 saturated carbocycles. The van der Waals surface area contributed by atoms with E-state index in [1.165, 1.54) is 6.07 Å². The van der Waals surface area contributed by atoms with Gasteiger partial charge < -0.3 is 14.8 Å². The topological polar surface area (TPSA) is 62.5 Å². The zero-order valence-corrected chi connectivity index (χ0v) is 12.9. The van der Waals surface area contributed by atoms with Gasteiger partial charge in [-0.25, -0.2) is 4.79 Å². The van der Waals surface area contributed by atoms with Gasteiger partial charge in [0, 0.05) is 10.0 Å². The molecule has 2 rings (SSSR count). The third-order valence-electron chi connectivity index (χ3n) is 3.14. The lowest BCUT2D eigenvalue weighted by Gasteiger charge is -2.26. The summed E-state index contributed by atoms with van der Waals surface area (Å²) in [6.07, 6.45) is 0. The van der Waals surface area contributed by atoms with E-state index in [4.69, 9.17) is 9.52 Å². The fourth-order valence-corrected chi connectivity index (χ4v) is 2.13. The summed E-state index contributed by atoms with van der Waals surface area (Å²) in [5.41, 5.74) is 0.905. The molecule has 0 aliphatic heterocycles. The van der Waals surface area contributed by atoms with Crippen molar-refractivity contribution >= 4 is 21.9 Å². The van der Waals surface area contributed by atoms with E-state index in [0.717, 1.165) is 10.0 Å². The standard InChI is InChI=1S/C15H16BrNO3/c1-15(2,10-3-5-11(16)6-4-10)17-9-12-7-8-13(20-12)14(18)19/h3-8,17H,9H2,1-2H3,(H,18,19). The van der Waals surface area contributed by atoms with Gasteiger partial charge in [-0.3, -0.25) is 0 Å². The van der Waals surface area contributed by atoms with Crippen LogP contribution in [0, 0.1) is 0 Å². The Bertz CT molecular complexity index is 602. The second-order valence-electron chi connectivity index (χ2n) is 5.06. The highest BCUT2D eigenvalue weighted by atomic mass is 79.9. The number of benzene rings is 1. The maximum absolute atomic E-state index is 10.8. The van der Waals surface area contributed by atoms with Gasteiger partial charge in [0.15, 0.2) is 0 Å². The van der Waals surface area contributed by atoms with E-state index in [1.54, 1.807) is 6.07 Å². The first kappa shape index (κ1) is 14.8. The van der Waals surface area contributed by atoms with Crippen molar-refractivity contribution in [3.05, 3.63) is 58.0 Å². The van der Waals surface area contributed by atoms with E-state index in [0.29, 0.717) is 12.3 Å². The van der Waals surface area contributed by atoms with Crippen LogP contribution < -0.4 is 5.32 Å². The van der Waals surface area contributed by atoms with Crippen LogP contribution in [-0.2, 0) is 12.1 Å². The summed E-state index contributed by atoms with van der Waals surface area (Å²) in [6, 6.07) is 11.2. The molecule has 0 fully saturated rings. The second kappa shape index (κ2) is 5.81. The number of halogens is 1. The highest BCUT2D eigenvalue weighted by Gasteiger charge is 2.20. The van der Waals surface area contributed by atoms with E-state index < -0.39 is 5.97 Å². The van der Waals surface area contributed by atoms with Crippen LogP contribution in [0.4, 0.5) is 0 Å². The van der Waals surface area contributed by atoms with Gasteiger partial charge in [-0.2, -0.15) is 0 Å².